The lowest BCUT2D eigenvalue weighted by molar-refractivity contribution is -0.0135. The molecule has 52 heavy (non-hydrogen) atoms. The molecule has 0 spiro atoms. The predicted octanol–water partition coefficient (Wildman–Crippen LogP) is 4.62. The maximum Gasteiger partial charge on any atom is 0.304 e. The van der Waals surface area contributed by atoms with Crippen molar-refractivity contribution in [1.29, 1.82) is 0 Å². The van der Waals surface area contributed by atoms with E-state index in [0.717, 1.165) is 66.2 Å². The Bertz CT molecular complexity index is 2160. The SMILES string of the molecule is COc1ccc2c(c1)C1CC1(S(=O)(=O)N1C3CCC1CC(C)(O)C3)Cn1c-2c(C2CCCCC2)c2ccc(C(=O)NS(=O)(=O)N3CCOCC3)cc21. The standard InChI is InChI=1S/C38H48N4O8S2/c1-37(44)20-26-9-10-27(21-37)42(26)51(45,46)38-22-32(38)31-19-28(49-2)11-13-29(31)35-34(24-6-4-3-5-7-24)30-12-8-25(18-33(30)41(35)23-38)36(43)39-52(47,48)40-14-16-50-17-15-40/h8,11-13,18-19,24,26-27,32,44H,3-7,9-10,14-17,20-23H2,1-2H3,(H,39,43). The number of rotatable bonds is 7. The van der Waals surface area contributed by atoms with Crippen molar-refractivity contribution in [3.05, 3.63) is 53.1 Å². The zero-order valence-corrected chi connectivity index (χ0v) is 31.5. The first-order chi connectivity index (χ1) is 24.8. The van der Waals surface area contributed by atoms with E-state index in [-0.39, 0.29) is 62.3 Å². The van der Waals surface area contributed by atoms with Crippen LogP contribution in [-0.2, 0) is 31.5 Å². The van der Waals surface area contributed by atoms with Gasteiger partial charge < -0.3 is 19.1 Å². The first kappa shape index (κ1) is 34.7. The van der Waals surface area contributed by atoms with E-state index in [2.05, 4.69) is 15.4 Å². The van der Waals surface area contributed by atoms with E-state index < -0.39 is 36.5 Å². The van der Waals surface area contributed by atoms with Gasteiger partial charge in [0.1, 0.15) is 10.5 Å². The zero-order valence-electron chi connectivity index (χ0n) is 29.8. The number of nitrogens with one attached hydrogen (secondary N) is 1. The molecule has 280 valence electrons. The third-order valence-corrected chi connectivity index (χ3v) is 17.2. The number of hydrogen-bond donors (Lipinski definition) is 2. The summed E-state index contributed by atoms with van der Waals surface area (Å²) in [4.78, 5) is 13.7. The number of nitrogens with zero attached hydrogens (tertiary/aromatic N) is 3. The topological polar surface area (TPSA) is 147 Å². The minimum absolute atomic E-state index is 0.163. The van der Waals surface area contributed by atoms with Crippen LogP contribution in [0.1, 0.15) is 104 Å². The Kier molecular flexibility index (Phi) is 8.19. The molecule has 9 rings (SSSR count). The van der Waals surface area contributed by atoms with Crippen LogP contribution in [0.3, 0.4) is 0 Å². The fourth-order valence-electron chi connectivity index (χ4n) is 10.5. The van der Waals surface area contributed by atoms with Crippen LogP contribution in [0.5, 0.6) is 5.75 Å². The number of sulfonamides is 1. The summed E-state index contributed by atoms with van der Waals surface area (Å²) < 4.78 is 74.2. The summed E-state index contributed by atoms with van der Waals surface area (Å²) in [5, 5.41) is 12.0. The summed E-state index contributed by atoms with van der Waals surface area (Å²) in [7, 11) is -6.35. The Balaban J connectivity index is 1.21. The highest BCUT2D eigenvalue weighted by atomic mass is 32.2. The maximum absolute atomic E-state index is 15.3. The number of carbonyl (C=O) groups excluding carboxylic acids is 1. The Morgan fingerprint density at radius 3 is 2.35 bits per heavy atom. The van der Waals surface area contributed by atoms with Crippen molar-refractivity contribution in [3.8, 4) is 17.0 Å². The van der Waals surface area contributed by atoms with Crippen LogP contribution in [0.2, 0.25) is 0 Å². The molecule has 14 heteroatoms. The monoisotopic (exact) mass is 752 g/mol. The maximum atomic E-state index is 15.3. The van der Waals surface area contributed by atoms with Crippen molar-refractivity contribution < 1.29 is 36.2 Å². The van der Waals surface area contributed by atoms with Gasteiger partial charge in [-0.25, -0.2) is 13.1 Å². The van der Waals surface area contributed by atoms with Crippen molar-refractivity contribution >= 4 is 37.0 Å². The van der Waals surface area contributed by atoms with E-state index >= 15 is 8.42 Å². The molecule has 1 aromatic heterocycles. The van der Waals surface area contributed by atoms with Gasteiger partial charge in [0.2, 0.25) is 10.0 Å². The summed E-state index contributed by atoms with van der Waals surface area (Å²) in [6.45, 7) is 2.88. The highest BCUT2D eigenvalue weighted by molar-refractivity contribution is 7.91. The molecule has 5 heterocycles. The number of benzene rings is 2. The van der Waals surface area contributed by atoms with Crippen molar-refractivity contribution in [2.75, 3.05) is 33.4 Å². The van der Waals surface area contributed by atoms with Crippen molar-refractivity contribution in [2.45, 2.75) is 112 Å². The summed E-state index contributed by atoms with van der Waals surface area (Å²) in [6.07, 6.45) is 8.19. The molecule has 2 saturated carbocycles. The lowest BCUT2D eigenvalue weighted by Gasteiger charge is -2.43. The number of carbonyl (C=O) groups is 1. The Hall–Kier alpha value is -3.01. The van der Waals surface area contributed by atoms with Gasteiger partial charge in [0.25, 0.3) is 5.91 Å². The van der Waals surface area contributed by atoms with E-state index in [1.165, 1.54) is 16.3 Å². The van der Waals surface area contributed by atoms with Gasteiger partial charge >= 0.3 is 10.2 Å². The second-order valence-electron chi connectivity index (χ2n) is 16.3. The summed E-state index contributed by atoms with van der Waals surface area (Å²) >= 11 is 0. The number of aromatic nitrogens is 1. The molecule has 4 unspecified atom stereocenters. The van der Waals surface area contributed by atoms with Gasteiger partial charge in [-0.1, -0.05) is 25.3 Å². The van der Waals surface area contributed by atoms with Crippen LogP contribution in [-0.4, -0.2) is 96.9 Å². The van der Waals surface area contributed by atoms with E-state index in [1.54, 1.807) is 23.5 Å². The number of amides is 1. The number of fused-ring (bicyclic) bond motifs is 9. The van der Waals surface area contributed by atoms with E-state index in [4.69, 9.17) is 9.47 Å². The number of aliphatic hydroxyl groups is 1. The molecule has 3 saturated heterocycles. The minimum Gasteiger partial charge on any atom is -0.497 e. The molecule has 2 aromatic carbocycles. The Morgan fingerprint density at radius 2 is 1.65 bits per heavy atom. The second-order valence-corrected chi connectivity index (χ2v) is 20.1. The molecule has 4 atom stereocenters. The summed E-state index contributed by atoms with van der Waals surface area (Å²) in [6, 6.07) is 10.9. The van der Waals surface area contributed by atoms with E-state index in [9.17, 15) is 18.3 Å². The van der Waals surface area contributed by atoms with Gasteiger partial charge in [-0.3, -0.25) is 4.79 Å². The molecule has 1 amide bonds. The van der Waals surface area contributed by atoms with E-state index in [1.807, 2.05) is 25.1 Å². The number of morpholine rings is 1. The van der Waals surface area contributed by atoms with Gasteiger partial charge in [-0.05, 0) is 99.2 Å². The first-order valence-electron chi connectivity index (χ1n) is 18.8. The average Bonchev–Trinajstić information content (AvgIpc) is 3.71. The van der Waals surface area contributed by atoms with Crippen molar-refractivity contribution in [3.63, 3.8) is 0 Å². The molecule has 6 aliphatic rings. The molecule has 12 nitrogen and oxygen atoms in total. The molecular formula is C38H48N4O8S2. The molecule has 4 aliphatic heterocycles. The number of hydrogen-bond acceptors (Lipinski definition) is 8. The summed E-state index contributed by atoms with van der Waals surface area (Å²) in [5.41, 5.74) is 4.16. The van der Waals surface area contributed by atoms with E-state index in [0.29, 0.717) is 25.0 Å². The van der Waals surface area contributed by atoms with Gasteiger partial charge in [-0.15, -0.1) is 0 Å². The third-order valence-electron chi connectivity index (χ3n) is 12.9. The molecular weight excluding hydrogens is 705 g/mol. The van der Waals surface area contributed by atoms with Crippen LogP contribution in [0.4, 0.5) is 0 Å². The van der Waals surface area contributed by atoms with Crippen LogP contribution in [0.15, 0.2) is 36.4 Å². The fraction of sp³-hybridized carbons (Fsp3) is 0.605. The summed E-state index contributed by atoms with van der Waals surface area (Å²) in [5.74, 6) is -0.0598. The van der Waals surface area contributed by atoms with Crippen LogP contribution < -0.4 is 9.46 Å². The Labute approximate surface area is 305 Å². The normalized spacial score (nSPS) is 31.0. The fourth-order valence-corrected chi connectivity index (χ4v) is 14.3. The van der Waals surface area contributed by atoms with Crippen molar-refractivity contribution in [1.82, 2.24) is 17.9 Å². The molecule has 3 aromatic rings. The Morgan fingerprint density at radius 1 is 0.942 bits per heavy atom. The van der Waals surface area contributed by atoms with Gasteiger partial charge in [-0.2, -0.15) is 17.0 Å². The van der Waals surface area contributed by atoms with Crippen LogP contribution in [0, 0.1) is 0 Å². The predicted molar refractivity (Wildman–Crippen MR) is 196 cm³/mol. The number of methoxy groups -OCH3 is 1. The largest absolute Gasteiger partial charge is 0.497 e. The molecule has 2 bridgehead atoms. The highest BCUT2D eigenvalue weighted by Gasteiger charge is 2.70. The van der Waals surface area contributed by atoms with Gasteiger partial charge in [0.15, 0.2) is 0 Å². The van der Waals surface area contributed by atoms with Crippen molar-refractivity contribution in [2.24, 2.45) is 0 Å². The number of ether oxygens (including phenoxy) is 2. The lowest BCUT2D eigenvalue weighted by atomic mass is 9.81. The third kappa shape index (κ3) is 5.37. The number of piperidine rings is 1. The van der Waals surface area contributed by atoms with Crippen LogP contribution >= 0.6 is 0 Å². The zero-order chi connectivity index (χ0) is 36.2. The molecule has 5 fully saturated rings. The molecule has 0 radical (unpaired) electrons. The minimum atomic E-state index is -4.09. The molecule has 2 aliphatic carbocycles. The van der Waals surface area contributed by atoms with Crippen LogP contribution in [0.25, 0.3) is 22.2 Å². The highest BCUT2D eigenvalue weighted by Crippen LogP contribution is 2.65. The average molecular weight is 753 g/mol. The molecule has 2 N–H and O–H groups in total. The smallest absolute Gasteiger partial charge is 0.304 e. The second kappa shape index (κ2) is 12.3. The van der Waals surface area contributed by atoms with Gasteiger partial charge in [0, 0.05) is 59.7 Å². The quantitative estimate of drug-likeness (QED) is 0.356. The lowest BCUT2D eigenvalue weighted by Crippen LogP contribution is -2.55. The van der Waals surface area contributed by atoms with Gasteiger partial charge in [0.05, 0.1) is 31.6 Å². The first-order valence-corrected chi connectivity index (χ1v) is 21.7.